The lowest BCUT2D eigenvalue weighted by Crippen LogP contribution is -2.12. The number of carbonyl (C=O) groups is 1. The van der Waals surface area contributed by atoms with Crippen LogP contribution in [0.2, 0.25) is 0 Å². The van der Waals surface area contributed by atoms with Crippen molar-refractivity contribution >= 4 is 35.2 Å². The Kier molecular flexibility index (Phi) is 6.17. The lowest BCUT2D eigenvalue weighted by Gasteiger charge is -2.12. The fraction of sp³-hybridized carbons (Fsp3) is 0.214. The number of fused-ring (bicyclic) bond motifs is 3. The summed E-state index contributed by atoms with van der Waals surface area (Å²) in [5.41, 5.74) is 6.35. The minimum atomic E-state index is -0.490. The van der Waals surface area contributed by atoms with E-state index < -0.39 is 6.04 Å². The van der Waals surface area contributed by atoms with Gasteiger partial charge in [-0.25, -0.2) is 0 Å². The highest BCUT2D eigenvalue weighted by Gasteiger charge is 2.32. The van der Waals surface area contributed by atoms with E-state index in [1.165, 1.54) is 17.6 Å². The minimum absolute atomic E-state index is 0.100. The fourth-order valence-corrected chi connectivity index (χ4v) is 5.49. The predicted octanol–water partition coefficient (Wildman–Crippen LogP) is 5.88. The fourth-order valence-electron chi connectivity index (χ4n) is 4.27. The number of rotatable bonds is 5. The highest BCUT2D eigenvalue weighted by molar-refractivity contribution is 7.15. The zero-order valence-electron chi connectivity index (χ0n) is 20.1. The molecule has 6 nitrogen and oxygen atoms in total. The number of esters is 1. The topological polar surface area (TPSA) is 69.4 Å². The van der Waals surface area contributed by atoms with Gasteiger partial charge >= 0.3 is 5.97 Å². The SMILES string of the molecule is COC(=O)C[C@@H]1N=C(c2ccc(C=Cc3ccccc3)cc2)c2c(sc(C)c2C)-n2c(C)nnc21. The summed E-state index contributed by atoms with van der Waals surface area (Å²) in [5.74, 6) is 1.10. The van der Waals surface area contributed by atoms with Gasteiger partial charge in [-0.2, -0.15) is 0 Å². The van der Waals surface area contributed by atoms with Crippen molar-refractivity contribution in [1.82, 2.24) is 14.8 Å². The molecule has 4 aromatic rings. The van der Waals surface area contributed by atoms with Gasteiger partial charge in [-0.3, -0.25) is 14.4 Å². The molecule has 0 radical (unpaired) electrons. The summed E-state index contributed by atoms with van der Waals surface area (Å²) in [4.78, 5) is 18.6. The van der Waals surface area contributed by atoms with Crippen molar-refractivity contribution in [2.45, 2.75) is 33.2 Å². The lowest BCUT2D eigenvalue weighted by atomic mass is 9.98. The first-order chi connectivity index (χ1) is 17.0. The number of aromatic nitrogens is 3. The van der Waals surface area contributed by atoms with Crippen molar-refractivity contribution in [3.05, 3.63) is 98.9 Å². The van der Waals surface area contributed by atoms with Crippen LogP contribution in [0.1, 0.15) is 56.8 Å². The molecule has 1 aliphatic rings. The third kappa shape index (κ3) is 4.35. The first-order valence-electron chi connectivity index (χ1n) is 11.5. The van der Waals surface area contributed by atoms with Crippen molar-refractivity contribution in [3.63, 3.8) is 0 Å². The molecule has 5 rings (SSSR count). The van der Waals surface area contributed by atoms with Crippen LogP contribution >= 0.6 is 11.3 Å². The highest BCUT2D eigenvalue weighted by Crippen LogP contribution is 2.39. The number of aliphatic imine (C=N–C) groups is 1. The highest BCUT2D eigenvalue weighted by atomic mass is 32.1. The lowest BCUT2D eigenvalue weighted by molar-refractivity contribution is -0.141. The maximum absolute atomic E-state index is 12.3. The van der Waals surface area contributed by atoms with E-state index in [0.717, 1.165) is 38.8 Å². The summed E-state index contributed by atoms with van der Waals surface area (Å²) in [7, 11) is 1.39. The number of carbonyl (C=O) groups excluding carboxylic acids is 1. The number of hydrogen-bond donors (Lipinski definition) is 0. The van der Waals surface area contributed by atoms with Gasteiger partial charge in [0.1, 0.15) is 16.9 Å². The summed E-state index contributed by atoms with van der Waals surface area (Å²) >= 11 is 1.70. The van der Waals surface area contributed by atoms with E-state index in [4.69, 9.17) is 9.73 Å². The van der Waals surface area contributed by atoms with Gasteiger partial charge in [-0.1, -0.05) is 66.7 Å². The van der Waals surface area contributed by atoms with Crippen LogP contribution in [-0.2, 0) is 9.53 Å². The average Bonchev–Trinajstić information content (AvgIpc) is 3.35. The van der Waals surface area contributed by atoms with Crippen molar-refractivity contribution in [1.29, 1.82) is 0 Å². The first kappa shape index (κ1) is 22.9. The third-order valence-electron chi connectivity index (χ3n) is 6.28. The second-order valence-corrected chi connectivity index (χ2v) is 9.75. The zero-order valence-corrected chi connectivity index (χ0v) is 21.0. The van der Waals surface area contributed by atoms with Gasteiger partial charge < -0.3 is 4.74 Å². The number of aryl methyl sites for hydroxylation is 2. The van der Waals surface area contributed by atoms with E-state index in [2.05, 4.69) is 72.6 Å². The Bertz CT molecular complexity index is 1450. The second kappa shape index (κ2) is 9.43. The molecule has 0 aliphatic carbocycles. The van der Waals surface area contributed by atoms with E-state index in [1.807, 2.05) is 29.7 Å². The quantitative estimate of drug-likeness (QED) is 0.263. The molecule has 0 N–H and O–H groups in total. The molecule has 0 amide bonds. The molecule has 35 heavy (non-hydrogen) atoms. The Morgan fingerprint density at radius 2 is 1.69 bits per heavy atom. The molecule has 1 aliphatic heterocycles. The van der Waals surface area contributed by atoms with Gasteiger partial charge in [0.2, 0.25) is 0 Å². The van der Waals surface area contributed by atoms with Gasteiger partial charge in [0.05, 0.1) is 19.2 Å². The number of ether oxygens (including phenoxy) is 1. The number of hydrogen-bond acceptors (Lipinski definition) is 6. The molecular weight excluding hydrogens is 456 g/mol. The predicted molar refractivity (Wildman–Crippen MR) is 140 cm³/mol. The standard InChI is InChI=1S/C28H26N4O2S/c1-17-18(2)35-28-25(17)26(29-23(16-24(33)34-4)27-31-30-19(3)32(27)28)22-14-12-21(13-15-22)11-10-20-8-6-5-7-9-20/h5-15,23H,16H2,1-4H3/t23-/m0/s1. The van der Waals surface area contributed by atoms with E-state index in [0.29, 0.717) is 5.82 Å². The van der Waals surface area contributed by atoms with Crippen LogP contribution in [-0.4, -0.2) is 33.6 Å². The molecule has 0 spiro atoms. The summed E-state index contributed by atoms with van der Waals surface area (Å²) in [6, 6.07) is 18.1. The molecule has 176 valence electrons. The van der Waals surface area contributed by atoms with Gasteiger partial charge in [0.25, 0.3) is 0 Å². The summed E-state index contributed by atoms with van der Waals surface area (Å²) < 4.78 is 7.01. The number of methoxy groups -OCH3 is 1. The molecule has 0 unspecified atom stereocenters. The molecule has 0 saturated carbocycles. The molecule has 2 aromatic heterocycles. The van der Waals surface area contributed by atoms with Crippen LogP contribution in [0.4, 0.5) is 0 Å². The summed E-state index contributed by atoms with van der Waals surface area (Å²) in [6.07, 6.45) is 4.30. The monoisotopic (exact) mass is 482 g/mol. The number of nitrogens with zero attached hydrogens (tertiary/aromatic N) is 4. The van der Waals surface area contributed by atoms with E-state index >= 15 is 0 Å². The second-order valence-electron chi connectivity index (χ2n) is 8.54. The average molecular weight is 483 g/mol. The molecule has 0 bridgehead atoms. The Morgan fingerprint density at radius 3 is 2.37 bits per heavy atom. The summed E-state index contributed by atoms with van der Waals surface area (Å²) in [6.45, 7) is 6.17. The van der Waals surface area contributed by atoms with E-state index in [-0.39, 0.29) is 12.4 Å². The molecule has 7 heteroatoms. The maximum atomic E-state index is 12.3. The minimum Gasteiger partial charge on any atom is -0.469 e. The maximum Gasteiger partial charge on any atom is 0.308 e. The van der Waals surface area contributed by atoms with E-state index in [1.54, 1.807) is 11.3 Å². The Hall–Kier alpha value is -3.84. The zero-order chi connectivity index (χ0) is 24.5. The van der Waals surface area contributed by atoms with Gasteiger partial charge in [-0.15, -0.1) is 21.5 Å². The van der Waals surface area contributed by atoms with Crippen molar-refractivity contribution in [3.8, 4) is 5.00 Å². The van der Waals surface area contributed by atoms with Crippen LogP contribution in [0.15, 0.2) is 59.6 Å². The molecule has 0 saturated heterocycles. The third-order valence-corrected chi connectivity index (χ3v) is 7.47. The number of thiophene rings is 1. The number of benzene rings is 2. The van der Waals surface area contributed by atoms with Crippen LogP contribution in [0.5, 0.6) is 0 Å². The van der Waals surface area contributed by atoms with E-state index in [9.17, 15) is 4.79 Å². The van der Waals surface area contributed by atoms with Crippen LogP contribution in [0.25, 0.3) is 17.2 Å². The van der Waals surface area contributed by atoms with Gasteiger partial charge in [0, 0.05) is 16.0 Å². The van der Waals surface area contributed by atoms with Crippen molar-refractivity contribution in [2.24, 2.45) is 4.99 Å². The molecule has 3 heterocycles. The molecule has 2 aromatic carbocycles. The van der Waals surface area contributed by atoms with Crippen LogP contribution < -0.4 is 0 Å². The molecule has 1 atom stereocenters. The van der Waals surface area contributed by atoms with Crippen LogP contribution in [0, 0.1) is 20.8 Å². The first-order valence-corrected chi connectivity index (χ1v) is 12.3. The Balaban J connectivity index is 1.60. The molecule has 0 fully saturated rings. The van der Waals surface area contributed by atoms with Gasteiger partial charge in [-0.05, 0) is 37.5 Å². The largest absolute Gasteiger partial charge is 0.469 e. The van der Waals surface area contributed by atoms with Crippen molar-refractivity contribution < 1.29 is 9.53 Å². The normalized spacial score (nSPS) is 14.9. The van der Waals surface area contributed by atoms with Crippen LogP contribution in [0.3, 0.4) is 0 Å². The van der Waals surface area contributed by atoms with Gasteiger partial charge in [0.15, 0.2) is 5.82 Å². The molecular formula is C28H26N4O2S. The Morgan fingerprint density at radius 1 is 1.00 bits per heavy atom. The smallest absolute Gasteiger partial charge is 0.308 e. The van der Waals surface area contributed by atoms with Crippen molar-refractivity contribution in [2.75, 3.05) is 7.11 Å². The summed E-state index contributed by atoms with van der Waals surface area (Å²) in [5, 5.41) is 9.76. The Labute approximate surface area is 208 Å².